The summed E-state index contributed by atoms with van der Waals surface area (Å²) in [6.45, 7) is 0.580. The number of halogens is 1. The molecule has 0 aliphatic carbocycles. The fraction of sp³-hybridized carbons (Fsp3) is 0.133. The van der Waals surface area contributed by atoms with Crippen LogP contribution in [0.25, 0.3) is 10.1 Å². The molecule has 21 heavy (non-hydrogen) atoms. The molecule has 1 amide bonds. The average molecular weight is 337 g/mol. The monoisotopic (exact) mass is 336 g/mol. The molecule has 0 fully saturated rings. The van der Waals surface area contributed by atoms with E-state index < -0.39 is 0 Å². The molecule has 0 saturated carbocycles. The van der Waals surface area contributed by atoms with Crippen LogP contribution < -0.4 is 5.73 Å². The highest BCUT2D eigenvalue weighted by molar-refractivity contribution is 7.21. The van der Waals surface area contributed by atoms with Crippen LogP contribution in [0.2, 0.25) is 5.02 Å². The van der Waals surface area contributed by atoms with Gasteiger partial charge in [-0.2, -0.15) is 11.3 Å². The summed E-state index contributed by atoms with van der Waals surface area (Å²) in [5.74, 6) is -0.0592. The molecular weight excluding hydrogens is 324 g/mol. The number of hydrogen-bond acceptors (Lipinski definition) is 4. The van der Waals surface area contributed by atoms with Gasteiger partial charge in [0.05, 0.1) is 5.69 Å². The van der Waals surface area contributed by atoms with E-state index in [9.17, 15) is 4.79 Å². The number of amides is 1. The first-order valence-electron chi connectivity index (χ1n) is 6.30. The van der Waals surface area contributed by atoms with Crippen LogP contribution in [0, 0.1) is 0 Å². The smallest absolute Gasteiger partial charge is 0.266 e. The summed E-state index contributed by atoms with van der Waals surface area (Å²) in [6, 6.07) is 7.53. The van der Waals surface area contributed by atoms with Gasteiger partial charge < -0.3 is 10.6 Å². The summed E-state index contributed by atoms with van der Waals surface area (Å²) in [4.78, 5) is 14.8. The number of benzene rings is 1. The molecule has 0 saturated heterocycles. The lowest BCUT2D eigenvalue weighted by atomic mass is 10.2. The minimum Gasteiger partial charge on any atom is -0.397 e. The number of nitrogens with zero attached hydrogens (tertiary/aromatic N) is 1. The molecule has 3 aromatic rings. The number of nitrogen functional groups attached to an aromatic ring is 1. The first-order valence-corrected chi connectivity index (χ1v) is 8.44. The highest BCUT2D eigenvalue weighted by Crippen LogP contribution is 2.36. The van der Waals surface area contributed by atoms with Gasteiger partial charge in [-0.1, -0.05) is 11.6 Å². The summed E-state index contributed by atoms with van der Waals surface area (Å²) in [5, 5.41) is 5.51. The Morgan fingerprint density at radius 1 is 1.38 bits per heavy atom. The fourth-order valence-electron chi connectivity index (χ4n) is 2.15. The highest BCUT2D eigenvalue weighted by atomic mass is 35.5. The van der Waals surface area contributed by atoms with Crippen molar-refractivity contribution >= 4 is 56.0 Å². The fourth-order valence-corrected chi connectivity index (χ4v) is 4.08. The van der Waals surface area contributed by atoms with Crippen LogP contribution in [0.4, 0.5) is 5.69 Å². The van der Waals surface area contributed by atoms with Crippen molar-refractivity contribution in [3.8, 4) is 0 Å². The SMILES string of the molecule is CN(Cc1ccsc1)C(=O)c1sc2ccc(Cl)cc2c1N. The van der Waals surface area contributed by atoms with Crippen LogP contribution >= 0.6 is 34.3 Å². The van der Waals surface area contributed by atoms with Crippen molar-refractivity contribution in [2.45, 2.75) is 6.54 Å². The van der Waals surface area contributed by atoms with Crippen molar-refractivity contribution in [3.63, 3.8) is 0 Å². The summed E-state index contributed by atoms with van der Waals surface area (Å²) >= 11 is 9.02. The largest absolute Gasteiger partial charge is 0.397 e. The molecule has 2 heterocycles. The van der Waals surface area contributed by atoms with Gasteiger partial charge in [-0.3, -0.25) is 4.79 Å². The lowest BCUT2D eigenvalue weighted by Gasteiger charge is -2.15. The van der Waals surface area contributed by atoms with E-state index in [1.165, 1.54) is 11.3 Å². The van der Waals surface area contributed by atoms with Crippen molar-refractivity contribution in [2.24, 2.45) is 0 Å². The lowest BCUT2D eigenvalue weighted by Crippen LogP contribution is -2.25. The molecule has 3 nitrogen and oxygen atoms in total. The predicted octanol–water partition coefficient (Wildman–Crippen LogP) is 4.47. The molecule has 2 aromatic heterocycles. The minimum absolute atomic E-state index is 0.0592. The van der Waals surface area contributed by atoms with E-state index >= 15 is 0 Å². The molecular formula is C15H13ClN2OS2. The molecule has 0 aliphatic rings. The third-order valence-corrected chi connectivity index (χ3v) is 5.37. The van der Waals surface area contributed by atoms with E-state index in [0.717, 1.165) is 15.6 Å². The summed E-state index contributed by atoms with van der Waals surface area (Å²) in [6.07, 6.45) is 0. The maximum Gasteiger partial charge on any atom is 0.266 e. The van der Waals surface area contributed by atoms with Crippen molar-refractivity contribution in [3.05, 3.63) is 50.5 Å². The Labute approximate surface area is 135 Å². The Hall–Kier alpha value is -1.56. The van der Waals surface area contributed by atoms with Crippen molar-refractivity contribution < 1.29 is 4.79 Å². The van der Waals surface area contributed by atoms with Crippen molar-refractivity contribution in [1.29, 1.82) is 0 Å². The van der Waals surface area contributed by atoms with Gasteiger partial charge in [0.15, 0.2) is 0 Å². The lowest BCUT2D eigenvalue weighted by molar-refractivity contribution is 0.0791. The summed E-state index contributed by atoms with van der Waals surface area (Å²) in [5.41, 5.74) is 7.76. The Morgan fingerprint density at radius 2 is 2.19 bits per heavy atom. The standard InChI is InChI=1S/C15H13ClN2OS2/c1-18(7-9-4-5-20-8-9)15(19)14-13(17)11-6-10(16)2-3-12(11)21-14/h2-6,8H,7,17H2,1H3. The first kappa shape index (κ1) is 14.4. The topological polar surface area (TPSA) is 46.3 Å². The predicted molar refractivity (Wildman–Crippen MR) is 91.4 cm³/mol. The number of carbonyl (C=O) groups excluding carboxylic acids is 1. The van der Waals surface area contributed by atoms with Crippen LogP contribution in [0.1, 0.15) is 15.2 Å². The van der Waals surface area contributed by atoms with Crippen molar-refractivity contribution in [2.75, 3.05) is 12.8 Å². The van der Waals surface area contributed by atoms with Crippen LogP contribution in [0.15, 0.2) is 35.0 Å². The number of thiophene rings is 2. The Balaban J connectivity index is 1.92. The molecule has 0 atom stereocenters. The third-order valence-electron chi connectivity index (χ3n) is 3.23. The number of rotatable bonds is 3. The molecule has 0 bridgehead atoms. The number of anilines is 1. The minimum atomic E-state index is -0.0592. The molecule has 0 unspecified atom stereocenters. The van der Waals surface area contributed by atoms with Gasteiger partial charge in [-0.25, -0.2) is 0 Å². The second-order valence-corrected chi connectivity index (χ2v) is 7.05. The van der Waals surface area contributed by atoms with Gasteiger partial charge in [-0.05, 0) is 40.6 Å². The molecule has 6 heteroatoms. The summed E-state index contributed by atoms with van der Waals surface area (Å²) < 4.78 is 0.976. The van der Waals surface area contributed by atoms with Crippen LogP contribution in [-0.4, -0.2) is 17.9 Å². The maximum atomic E-state index is 12.6. The Morgan fingerprint density at radius 3 is 2.90 bits per heavy atom. The Kier molecular flexibility index (Phi) is 3.89. The Bertz CT molecular complexity index is 795. The number of nitrogens with two attached hydrogens (primary N) is 1. The van der Waals surface area contributed by atoms with Gasteiger partial charge in [-0.15, -0.1) is 11.3 Å². The van der Waals surface area contributed by atoms with Crippen LogP contribution in [0.5, 0.6) is 0 Å². The van der Waals surface area contributed by atoms with Gasteiger partial charge in [0.25, 0.3) is 5.91 Å². The van der Waals surface area contributed by atoms with E-state index in [1.807, 2.05) is 29.0 Å². The van der Waals surface area contributed by atoms with E-state index in [2.05, 4.69) is 0 Å². The summed E-state index contributed by atoms with van der Waals surface area (Å²) in [7, 11) is 1.79. The maximum absolute atomic E-state index is 12.6. The number of fused-ring (bicyclic) bond motifs is 1. The van der Waals surface area contributed by atoms with Crippen molar-refractivity contribution in [1.82, 2.24) is 4.90 Å². The van der Waals surface area contributed by atoms with Gasteiger partial charge in [0.2, 0.25) is 0 Å². The molecule has 108 valence electrons. The van der Waals surface area contributed by atoms with Gasteiger partial charge >= 0.3 is 0 Å². The quantitative estimate of drug-likeness (QED) is 0.767. The average Bonchev–Trinajstić information content (AvgIpc) is 3.07. The zero-order valence-corrected chi connectivity index (χ0v) is 13.7. The molecule has 0 spiro atoms. The zero-order valence-electron chi connectivity index (χ0n) is 11.3. The molecule has 0 aliphatic heterocycles. The van der Waals surface area contributed by atoms with E-state index in [0.29, 0.717) is 22.1 Å². The second kappa shape index (κ2) is 5.67. The van der Waals surface area contributed by atoms with Gasteiger partial charge in [0, 0.05) is 28.7 Å². The number of hydrogen-bond donors (Lipinski definition) is 1. The van der Waals surface area contributed by atoms with E-state index in [1.54, 1.807) is 29.4 Å². The molecule has 1 aromatic carbocycles. The highest BCUT2D eigenvalue weighted by Gasteiger charge is 2.20. The van der Waals surface area contributed by atoms with Crippen LogP contribution in [-0.2, 0) is 6.54 Å². The van der Waals surface area contributed by atoms with E-state index in [-0.39, 0.29) is 5.91 Å². The third kappa shape index (κ3) is 2.77. The van der Waals surface area contributed by atoms with Gasteiger partial charge in [0.1, 0.15) is 4.88 Å². The van der Waals surface area contributed by atoms with Crippen LogP contribution in [0.3, 0.4) is 0 Å². The molecule has 2 N–H and O–H groups in total. The second-order valence-electron chi connectivity index (χ2n) is 4.78. The number of carbonyl (C=O) groups is 1. The zero-order chi connectivity index (χ0) is 15.0. The normalized spacial score (nSPS) is 11.0. The molecule has 3 rings (SSSR count). The molecule has 0 radical (unpaired) electrons. The first-order chi connectivity index (χ1) is 10.1. The van der Waals surface area contributed by atoms with E-state index in [4.69, 9.17) is 17.3 Å².